The first-order valence-electron chi connectivity index (χ1n) is 10.4. The maximum Gasteiger partial charge on any atom is 0.276 e. The van der Waals surface area contributed by atoms with E-state index in [0.717, 1.165) is 25.6 Å². The second kappa shape index (κ2) is 11.5. The number of piperidine rings is 1. The zero-order chi connectivity index (χ0) is 19.8. The molecule has 2 aromatic heterocycles. The molecule has 0 amide bonds. The Kier molecular flexibility index (Phi) is 9.32. The van der Waals surface area contributed by atoms with Gasteiger partial charge in [-0.25, -0.2) is 0 Å². The highest BCUT2D eigenvalue weighted by atomic mass is 127. The number of pyridine rings is 1. The van der Waals surface area contributed by atoms with Crippen LogP contribution in [0.4, 0.5) is 0 Å². The second-order valence-electron chi connectivity index (χ2n) is 7.80. The van der Waals surface area contributed by atoms with Crippen LogP contribution in [-0.2, 0) is 6.42 Å². The minimum Gasteiger partial charge on any atom is -0.357 e. The van der Waals surface area contributed by atoms with Gasteiger partial charge in [-0.1, -0.05) is 31.5 Å². The van der Waals surface area contributed by atoms with E-state index in [1.54, 1.807) is 6.20 Å². The van der Waals surface area contributed by atoms with Crippen LogP contribution >= 0.6 is 24.0 Å². The van der Waals surface area contributed by atoms with Crippen molar-refractivity contribution in [1.82, 2.24) is 25.3 Å². The maximum atomic E-state index is 5.33. The molecule has 160 valence electrons. The number of nitrogens with zero attached hydrogens (tertiary/aromatic N) is 5. The van der Waals surface area contributed by atoms with Gasteiger partial charge in [0.15, 0.2) is 11.8 Å². The van der Waals surface area contributed by atoms with E-state index in [9.17, 15) is 0 Å². The number of guanidine groups is 1. The molecular weight excluding hydrogens is 479 g/mol. The molecule has 3 rings (SSSR count). The van der Waals surface area contributed by atoms with E-state index in [2.05, 4.69) is 46.1 Å². The zero-order valence-electron chi connectivity index (χ0n) is 17.7. The van der Waals surface area contributed by atoms with E-state index in [-0.39, 0.29) is 24.0 Å². The standard InChI is InChI=1S/C21H32N6O.HI/c1-4-11-21(3)12-8-15-27(16-21)20(22-5-2)24-14-10-18-25-19(28-26-18)17-9-6-7-13-23-17;/h6-7,9,13H,4-5,8,10-12,14-16H2,1-3H3,(H,22,24);1H. The number of rotatable bonds is 7. The Labute approximate surface area is 190 Å². The molecule has 7 nitrogen and oxygen atoms in total. The number of halogens is 1. The summed E-state index contributed by atoms with van der Waals surface area (Å²) in [6.45, 7) is 10.4. The highest BCUT2D eigenvalue weighted by Crippen LogP contribution is 2.33. The Morgan fingerprint density at radius 3 is 2.93 bits per heavy atom. The van der Waals surface area contributed by atoms with Gasteiger partial charge in [-0.3, -0.25) is 9.98 Å². The van der Waals surface area contributed by atoms with Crippen molar-refractivity contribution in [2.45, 2.75) is 52.9 Å². The summed E-state index contributed by atoms with van der Waals surface area (Å²) in [6, 6.07) is 5.64. The fourth-order valence-corrected chi connectivity index (χ4v) is 3.94. The van der Waals surface area contributed by atoms with Gasteiger partial charge in [0.05, 0.1) is 0 Å². The predicted octanol–water partition coefficient (Wildman–Crippen LogP) is 4.16. The summed E-state index contributed by atoms with van der Waals surface area (Å²) in [7, 11) is 0. The third-order valence-electron chi connectivity index (χ3n) is 5.22. The van der Waals surface area contributed by atoms with Crippen LogP contribution in [0.15, 0.2) is 33.9 Å². The van der Waals surface area contributed by atoms with Crippen LogP contribution < -0.4 is 5.32 Å². The lowest BCUT2D eigenvalue weighted by Gasteiger charge is -2.42. The van der Waals surface area contributed by atoms with Crippen molar-refractivity contribution in [3.63, 3.8) is 0 Å². The fourth-order valence-electron chi connectivity index (χ4n) is 3.94. The van der Waals surface area contributed by atoms with E-state index in [1.165, 1.54) is 25.7 Å². The Morgan fingerprint density at radius 1 is 1.34 bits per heavy atom. The molecule has 0 bridgehead atoms. The largest absolute Gasteiger partial charge is 0.357 e. The Bertz CT molecular complexity index is 762. The Hall–Kier alpha value is -1.71. The number of aromatic nitrogens is 3. The summed E-state index contributed by atoms with van der Waals surface area (Å²) in [5, 5.41) is 7.52. The first-order valence-corrected chi connectivity index (χ1v) is 10.4. The van der Waals surface area contributed by atoms with Crippen LogP contribution in [-0.4, -0.2) is 52.2 Å². The van der Waals surface area contributed by atoms with Gasteiger partial charge >= 0.3 is 0 Å². The lowest BCUT2D eigenvalue weighted by atomic mass is 9.78. The lowest BCUT2D eigenvalue weighted by Crippen LogP contribution is -2.49. The van der Waals surface area contributed by atoms with Crippen LogP contribution in [0, 0.1) is 5.41 Å². The maximum absolute atomic E-state index is 5.33. The van der Waals surface area contributed by atoms with Crippen LogP contribution in [0.3, 0.4) is 0 Å². The monoisotopic (exact) mass is 512 g/mol. The van der Waals surface area contributed by atoms with E-state index in [4.69, 9.17) is 9.52 Å². The molecule has 3 heterocycles. The van der Waals surface area contributed by atoms with Gasteiger partial charge < -0.3 is 14.7 Å². The molecule has 0 radical (unpaired) electrons. The first-order chi connectivity index (χ1) is 13.6. The molecule has 1 aliphatic rings. The summed E-state index contributed by atoms with van der Waals surface area (Å²) in [4.78, 5) is 15.9. The second-order valence-corrected chi connectivity index (χ2v) is 7.80. The molecular formula is C21H33IN6O. The van der Waals surface area contributed by atoms with Gasteiger partial charge in [-0.15, -0.1) is 24.0 Å². The molecule has 1 unspecified atom stereocenters. The molecule has 29 heavy (non-hydrogen) atoms. The zero-order valence-corrected chi connectivity index (χ0v) is 20.1. The molecule has 0 aromatic carbocycles. The van der Waals surface area contributed by atoms with Gasteiger partial charge in [0.25, 0.3) is 5.89 Å². The van der Waals surface area contributed by atoms with Crippen LogP contribution in [0.5, 0.6) is 0 Å². The van der Waals surface area contributed by atoms with Crippen LogP contribution in [0.25, 0.3) is 11.6 Å². The van der Waals surface area contributed by atoms with Gasteiger partial charge in [0.2, 0.25) is 0 Å². The smallest absolute Gasteiger partial charge is 0.276 e. The molecule has 1 fully saturated rings. The highest BCUT2D eigenvalue weighted by molar-refractivity contribution is 14.0. The third kappa shape index (κ3) is 6.65. The van der Waals surface area contributed by atoms with Crippen molar-refractivity contribution in [2.24, 2.45) is 10.4 Å². The normalized spacial score (nSPS) is 19.7. The number of hydrogen-bond donors (Lipinski definition) is 1. The van der Waals surface area contributed by atoms with E-state index in [0.29, 0.717) is 35.8 Å². The average Bonchev–Trinajstić information content (AvgIpc) is 3.17. The van der Waals surface area contributed by atoms with Crippen molar-refractivity contribution < 1.29 is 4.52 Å². The lowest BCUT2D eigenvalue weighted by molar-refractivity contribution is 0.142. The molecule has 1 aliphatic heterocycles. The summed E-state index contributed by atoms with van der Waals surface area (Å²) in [6.07, 6.45) is 7.38. The molecule has 0 saturated carbocycles. The quantitative estimate of drug-likeness (QED) is 0.341. The summed E-state index contributed by atoms with van der Waals surface area (Å²) < 4.78 is 5.33. The average molecular weight is 512 g/mol. The molecule has 8 heteroatoms. The minimum absolute atomic E-state index is 0. The van der Waals surface area contributed by atoms with Gasteiger partial charge in [-0.05, 0) is 43.7 Å². The number of nitrogens with one attached hydrogen (secondary N) is 1. The van der Waals surface area contributed by atoms with Crippen molar-refractivity contribution in [3.8, 4) is 11.6 Å². The van der Waals surface area contributed by atoms with Gasteiger partial charge in [-0.2, -0.15) is 4.98 Å². The van der Waals surface area contributed by atoms with Gasteiger partial charge in [0, 0.05) is 38.8 Å². The summed E-state index contributed by atoms with van der Waals surface area (Å²) in [5.41, 5.74) is 1.08. The molecule has 1 atom stereocenters. The van der Waals surface area contributed by atoms with E-state index >= 15 is 0 Å². The topological polar surface area (TPSA) is 79.4 Å². The highest BCUT2D eigenvalue weighted by Gasteiger charge is 2.31. The van der Waals surface area contributed by atoms with Crippen LogP contribution in [0.2, 0.25) is 0 Å². The van der Waals surface area contributed by atoms with Crippen molar-refractivity contribution in [2.75, 3.05) is 26.2 Å². The molecule has 1 N–H and O–H groups in total. The first kappa shape index (κ1) is 23.6. The van der Waals surface area contributed by atoms with Gasteiger partial charge in [0.1, 0.15) is 5.69 Å². The predicted molar refractivity (Wildman–Crippen MR) is 126 cm³/mol. The van der Waals surface area contributed by atoms with Crippen LogP contribution in [0.1, 0.15) is 52.3 Å². The molecule has 2 aromatic rings. The fraction of sp³-hybridized carbons (Fsp3) is 0.619. The van der Waals surface area contributed by atoms with Crippen molar-refractivity contribution in [1.29, 1.82) is 0 Å². The Balaban J connectivity index is 0.00000300. The number of aliphatic imine (C=N–C) groups is 1. The van der Waals surface area contributed by atoms with Crippen molar-refractivity contribution >= 4 is 29.9 Å². The summed E-state index contributed by atoms with van der Waals surface area (Å²) in [5.74, 6) is 2.12. The number of likely N-dealkylation sites (tertiary alicyclic amines) is 1. The SMILES string of the molecule is CCCC1(C)CCCN(C(=NCCc2noc(-c3ccccn3)n2)NCC)C1.I. The molecule has 0 aliphatic carbocycles. The molecule has 0 spiro atoms. The minimum atomic E-state index is 0. The van der Waals surface area contributed by atoms with E-state index in [1.807, 2.05) is 18.2 Å². The summed E-state index contributed by atoms with van der Waals surface area (Å²) >= 11 is 0. The van der Waals surface area contributed by atoms with E-state index < -0.39 is 0 Å². The Morgan fingerprint density at radius 2 is 2.21 bits per heavy atom. The number of hydrogen-bond acceptors (Lipinski definition) is 5. The molecule has 1 saturated heterocycles. The van der Waals surface area contributed by atoms with Crippen molar-refractivity contribution in [3.05, 3.63) is 30.2 Å². The third-order valence-corrected chi connectivity index (χ3v) is 5.22.